The maximum Gasteiger partial charge on any atom is 0.306 e. The minimum Gasteiger partial charge on any atom is -0.462 e. The second-order valence-corrected chi connectivity index (χ2v) is 21.0. The summed E-state index contributed by atoms with van der Waals surface area (Å²) >= 11 is 0. The van der Waals surface area contributed by atoms with Crippen molar-refractivity contribution in [3.63, 3.8) is 0 Å². The molecular formula is C64H118O6. The SMILES string of the molecule is CCCCCCCC/C=C\CCCCCCCCCCCC(=O)OCC(COC(=O)CCCCCCC/C=C\CCCCCCCCC)OC(=O)CCCCCCCCC/C=C\CCCCCCCC. The first-order chi connectivity index (χ1) is 34.5. The van der Waals surface area contributed by atoms with Gasteiger partial charge in [-0.1, -0.05) is 256 Å². The Kier molecular flexibility index (Phi) is 57.2. The molecule has 0 saturated carbocycles. The van der Waals surface area contributed by atoms with Crippen LogP contribution in [0.5, 0.6) is 0 Å². The highest BCUT2D eigenvalue weighted by Crippen LogP contribution is 2.16. The van der Waals surface area contributed by atoms with Gasteiger partial charge in [-0.05, 0) is 96.3 Å². The van der Waals surface area contributed by atoms with E-state index in [1.54, 1.807) is 0 Å². The van der Waals surface area contributed by atoms with Crippen LogP contribution in [0.1, 0.15) is 335 Å². The fourth-order valence-electron chi connectivity index (χ4n) is 9.13. The quantitative estimate of drug-likeness (QED) is 0.0261. The van der Waals surface area contributed by atoms with Crippen molar-refractivity contribution in [1.82, 2.24) is 0 Å². The Labute approximate surface area is 435 Å². The number of rotatable bonds is 57. The van der Waals surface area contributed by atoms with E-state index in [2.05, 4.69) is 57.2 Å². The molecule has 0 bridgehead atoms. The zero-order valence-electron chi connectivity index (χ0n) is 47.1. The zero-order chi connectivity index (χ0) is 50.7. The number of ether oxygens (including phenoxy) is 3. The van der Waals surface area contributed by atoms with E-state index >= 15 is 0 Å². The van der Waals surface area contributed by atoms with Gasteiger partial charge in [0.05, 0.1) is 0 Å². The fraction of sp³-hybridized carbons (Fsp3) is 0.859. The van der Waals surface area contributed by atoms with Crippen LogP contribution in [-0.2, 0) is 28.6 Å². The van der Waals surface area contributed by atoms with Gasteiger partial charge in [0.1, 0.15) is 13.2 Å². The van der Waals surface area contributed by atoms with Crippen LogP contribution in [0.3, 0.4) is 0 Å². The van der Waals surface area contributed by atoms with Crippen LogP contribution in [-0.4, -0.2) is 37.2 Å². The van der Waals surface area contributed by atoms with E-state index in [0.29, 0.717) is 19.3 Å². The Morgan fingerprint density at radius 3 is 0.714 bits per heavy atom. The van der Waals surface area contributed by atoms with E-state index in [4.69, 9.17) is 14.2 Å². The standard InChI is InChI=1S/C64H118O6/c1-4-7-10-13-16-19-22-25-28-31-32-34-36-39-42-45-48-51-54-57-63(66)69-60-61(59-68-62(65)56-53-50-47-44-41-38-35-30-27-24-21-18-15-12-9-6-3)70-64(67)58-55-52-49-46-43-40-37-33-29-26-23-20-17-14-11-8-5-2/h25-26,28-30,35,61H,4-24,27,31-34,36-60H2,1-3H3/b28-25-,29-26-,35-30-. The molecule has 0 aliphatic carbocycles. The van der Waals surface area contributed by atoms with Gasteiger partial charge in [-0.25, -0.2) is 0 Å². The van der Waals surface area contributed by atoms with E-state index in [-0.39, 0.29) is 31.1 Å². The molecule has 0 aromatic carbocycles. The number of hydrogen-bond donors (Lipinski definition) is 0. The molecule has 0 saturated heterocycles. The van der Waals surface area contributed by atoms with Crippen molar-refractivity contribution in [1.29, 1.82) is 0 Å². The summed E-state index contributed by atoms with van der Waals surface area (Å²) in [6.45, 7) is 6.67. The van der Waals surface area contributed by atoms with Crippen LogP contribution in [0.15, 0.2) is 36.5 Å². The Bertz CT molecular complexity index is 1170. The van der Waals surface area contributed by atoms with E-state index in [9.17, 15) is 14.4 Å². The summed E-state index contributed by atoms with van der Waals surface area (Å²) in [7, 11) is 0. The number of unbranched alkanes of at least 4 members (excludes halogenated alkanes) is 40. The first kappa shape index (κ1) is 67.6. The maximum absolute atomic E-state index is 12.9. The summed E-state index contributed by atoms with van der Waals surface area (Å²) in [4.78, 5) is 38.3. The van der Waals surface area contributed by atoms with Gasteiger partial charge in [-0.3, -0.25) is 14.4 Å². The number of allylic oxidation sites excluding steroid dienone is 6. The summed E-state index contributed by atoms with van der Waals surface area (Å²) < 4.78 is 16.9. The summed E-state index contributed by atoms with van der Waals surface area (Å²) in [5.41, 5.74) is 0. The molecular weight excluding hydrogens is 865 g/mol. The third kappa shape index (κ3) is 56.5. The van der Waals surface area contributed by atoms with Gasteiger partial charge < -0.3 is 14.2 Å². The molecule has 1 unspecified atom stereocenters. The number of esters is 3. The topological polar surface area (TPSA) is 78.9 Å². The fourth-order valence-corrected chi connectivity index (χ4v) is 9.13. The number of carbonyl (C=O) groups is 3. The predicted molar refractivity (Wildman–Crippen MR) is 302 cm³/mol. The Morgan fingerprint density at radius 1 is 0.271 bits per heavy atom. The monoisotopic (exact) mass is 983 g/mol. The molecule has 0 amide bonds. The molecule has 0 N–H and O–H groups in total. The minimum absolute atomic E-state index is 0.0749. The van der Waals surface area contributed by atoms with Crippen molar-refractivity contribution in [3.05, 3.63) is 36.5 Å². The normalized spacial score (nSPS) is 12.2. The smallest absolute Gasteiger partial charge is 0.306 e. The largest absolute Gasteiger partial charge is 0.462 e. The van der Waals surface area contributed by atoms with Gasteiger partial charge in [0, 0.05) is 19.3 Å². The first-order valence-electron chi connectivity index (χ1n) is 31.0. The molecule has 1 atom stereocenters. The highest BCUT2D eigenvalue weighted by atomic mass is 16.6. The third-order valence-electron chi connectivity index (χ3n) is 13.8. The summed E-state index contributed by atoms with van der Waals surface area (Å²) in [6, 6.07) is 0. The van der Waals surface area contributed by atoms with E-state index in [1.807, 2.05) is 0 Å². The lowest BCUT2D eigenvalue weighted by Gasteiger charge is -2.18. The first-order valence-corrected chi connectivity index (χ1v) is 31.0. The van der Waals surface area contributed by atoms with E-state index in [0.717, 1.165) is 64.2 Å². The molecule has 0 rings (SSSR count). The molecule has 0 aromatic heterocycles. The average Bonchev–Trinajstić information content (AvgIpc) is 3.36. The van der Waals surface area contributed by atoms with Crippen LogP contribution in [0.4, 0.5) is 0 Å². The Hall–Kier alpha value is -2.37. The van der Waals surface area contributed by atoms with Crippen molar-refractivity contribution in [2.24, 2.45) is 0 Å². The molecule has 0 spiro atoms. The molecule has 0 fully saturated rings. The van der Waals surface area contributed by atoms with Gasteiger partial charge >= 0.3 is 17.9 Å². The van der Waals surface area contributed by atoms with Gasteiger partial charge in [0.2, 0.25) is 0 Å². The molecule has 0 aliphatic heterocycles. The second kappa shape index (κ2) is 59.2. The van der Waals surface area contributed by atoms with Crippen molar-refractivity contribution in [3.8, 4) is 0 Å². The van der Waals surface area contributed by atoms with Gasteiger partial charge in [0.25, 0.3) is 0 Å². The van der Waals surface area contributed by atoms with E-state index in [1.165, 1.54) is 231 Å². The lowest BCUT2D eigenvalue weighted by Crippen LogP contribution is -2.30. The molecule has 0 aliphatic rings. The average molecular weight is 984 g/mol. The van der Waals surface area contributed by atoms with Gasteiger partial charge in [0.15, 0.2) is 6.10 Å². The van der Waals surface area contributed by atoms with Crippen LogP contribution in [0, 0.1) is 0 Å². The Morgan fingerprint density at radius 2 is 0.471 bits per heavy atom. The molecule has 0 heterocycles. The summed E-state index contributed by atoms with van der Waals surface area (Å²) in [6.07, 6.45) is 71.4. The number of carbonyl (C=O) groups excluding carboxylic acids is 3. The predicted octanol–water partition coefficient (Wildman–Crippen LogP) is 20.8. The summed E-state index contributed by atoms with van der Waals surface area (Å²) in [5, 5.41) is 0. The highest BCUT2D eigenvalue weighted by molar-refractivity contribution is 5.71. The summed E-state index contributed by atoms with van der Waals surface area (Å²) in [5.74, 6) is -0.870. The van der Waals surface area contributed by atoms with Crippen molar-refractivity contribution < 1.29 is 28.6 Å². The highest BCUT2D eigenvalue weighted by Gasteiger charge is 2.19. The third-order valence-corrected chi connectivity index (χ3v) is 13.8. The maximum atomic E-state index is 12.9. The minimum atomic E-state index is -0.778. The van der Waals surface area contributed by atoms with Crippen molar-refractivity contribution in [2.75, 3.05) is 13.2 Å². The molecule has 0 aromatic rings. The molecule has 0 radical (unpaired) electrons. The molecule has 6 nitrogen and oxygen atoms in total. The van der Waals surface area contributed by atoms with Crippen LogP contribution in [0.25, 0.3) is 0 Å². The zero-order valence-corrected chi connectivity index (χ0v) is 47.1. The molecule has 70 heavy (non-hydrogen) atoms. The molecule has 6 heteroatoms. The van der Waals surface area contributed by atoms with Gasteiger partial charge in [-0.15, -0.1) is 0 Å². The second-order valence-electron chi connectivity index (χ2n) is 21.0. The van der Waals surface area contributed by atoms with Gasteiger partial charge in [-0.2, -0.15) is 0 Å². The van der Waals surface area contributed by atoms with Crippen molar-refractivity contribution >= 4 is 17.9 Å². The van der Waals surface area contributed by atoms with Crippen LogP contribution < -0.4 is 0 Å². The van der Waals surface area contributed by atoms with Crippen molar-refractivity contribution in [2.45, 2.75) is 341 Å². The lowest BCUT2D eigenvalue weighted by atomic mass is 10.1. The van der Waals surface area contributed by atoms with Crippen LogP contribution >= 0.6 is 0 Å². The Balaban J connectivity index is 4.35. The lowest BCUT2D eigenvalue weighted by molar-refractivity contribution is -0.167. The molecule has 410 valence electrons. The van der Waals surface area contributed by atoms with E-state index < -0.39 is 6.10 Å². The van der Waals surface area contributed by atoms with Crippen LogP contribution in [0.2, 0.25) is 0 Å². The number of hydrogen-bond acceptors (Lipinski definition) is 6.